The smallest absolute Gasteiger partial charge is 0.180 e. The summed E-state index contributed by atoms with van der Waals surface area (Å²) in [6, 6.07) is 4.92. The number of aromatic nitrogens is 1. The molecule has 2 aliphatic rings. The third-order valence-electron chi connectivity index (χ3n) is 4.85. The molecule has 0 saturated carbocycles. The number of carbonyl (C=O) groups excluding carboxylic acids is 1. The van der Waals surface area contributed by atoms with Gasteiger partial charge in [-0.2, -0.15) is 0 Å². The lowest BCUT2D eigenvalue weighted by Gasteiger charge is -2.45. The maximum absolute atomic E-state index is 13.5. The highest BCUT2D eigenvalue weighted by Gasteiger charge is 2.34. The number of aldehydes is 1. The Bertz CT molecular complexity index is 702. The molecular formula is C16H18FN3O2. The molecule has 0 aliphatic carbocycles. The molecule has 0 bridgehead atoms. The fourth-order valence-electron chi connectivity index (χ4n) is 3.64. The van der Waals surface area contributed by atoms with Crippen molar-refractivity contribution in [1.29, 1.82) is 0 Å². The summed E-state index contributed by atoms with van der Waals surface area (Å²) in [7, 11) is 0. The Morgan fingerprint density at radius 2 is 2.18 bits per heavy atom. The number of hydrogen-bond acceptors (Lipinski definition) is 5. The SMILES string of the molecule is O=C[C@@H]1CC[C@@H]2CN(c3noc4ccc(F)cc34)CCN2C1. The molecule has 2 saturated heterocycles. The summed E-state index contributed by atoms with van der Waals surface area (Å²) in [5.41, 5.74) is 0.614. The second-order valence-corrected chi connectivity index (χ2v) is 6.21. The molecule has 2 atom stereocenters. The molecule has 22 heavy (non-hydrogen) atoms. The largest absolute Gasteiger partial charge is 0.354 e. The van der Waals surface area contributed by atoms with Gasteiger partial charge in [0.15, 0.2) is 11.4 Å². The van der Waals surface area contributed by atoms with Gasteiger partial charge in [0.25, 0.3) is 0 Å². The van der Waals surface area contributed by atoms with E-state index in [0.717, 1.165) is 56.5 Å². The topological polar surface area (TPSA) is 49.6 Å². The highest BCUT2D eigenvalue weighted by Crippen LogP contribution is 2.31. The van der Waals surface area contributed by atoms with Crippen molar-refractivity contribution in [2.24, 2.45) is 5.92 Å². The first-order valence-electron chi connectivity index (χ1n) is 7.74. The summed E-state index contributed by atoms with van der Waals surface area (Å²) < 4.78 is 18.8. The van der Waals surface area contributed by atoms with E-state index in [4.69, 9.17) is 4.52 Å². The predicted octanol–water partition coefficient (Wildman–Crippen LogP) is 2.07. The third kappa shape index (κ3) is 2.27. The lowest BCUT2D eigenvalue weighted by molar-refractivity contribution is -0.113. The fraction of sp³-hybridized carbons (Fsp3) is 0.500. The molecule has 0 radical (unpaired) electrons. The number of fused-ring (bicyclic) bond motifs is 2. The van der Waals surface area contributed by atoms with Crippen LogP contribution >= 0.6 is 0 Å². The van der Waals surface area contributed by atoms with Gasteiger partial charge in [-0.05, 0) is 31.0 Å². The van der Waals surface area contributed by atoms with Crippen LogP contribution in [-0.2, 0) is 4.79 Å². The first-order chi connectivity index (χ1) is 10.7. The van der Waals surface area contributed by atoms with Gasteiger partial charge in [0.1, 0.15) is 12.1 Å². The molecule has 2 fully saturated rings. The van der Waals surface area contributed by atoms with Crippen LogP contribution in [0, 0.1) is 11.7 Å². The Morgan fingerprint density at radius 3 is 3.05 bits per heavy atom. The minimum Gasteiger partial charge on any atom is -0.354 e. The van der Waals surface area contributed by atoms with E-state index >= 15 is 0 Å². The average Bonchev–Trinajstić information content (AvgIpc) is 2.96. The van der Waals surface area contributed by atoms with Crippen LogP contribution in [0.3, 0.4) is 0 Å². The van der Waals surface area contributed by atoms with Crippen molar-refractivity contribution >= 4 is 23.1 Å². The number of nitrogens with zero attached hydrogens (tertiary/aromatic N) is 3. The Labute approximate surface area is 127 Å². The number of anilines is 1. The maximum Gasteiger partial charge on any atom is 0.180 e. The monoisotopic (exact) mass is 303 g/mol. The number of rotatable bonds is 2. The van der Waals surface area contributed by atoms with Gasteiger partial charge in [-0.3, -0.25) is 4.90 Å². The van der Waals surface area contributed by atoms with Crippen LogP contribution in [0.1, 0.15) is 12.8 Å². The third-order valence-corrected chi connectivity index (χ3v) is 4.85. The van der Waals surface area contributed by atoms with Crippen LogP contribution in [0.15, 0.2) is 22.7 Å². The van der Waals surface area contributed by atoms with Crippen molar-refractivity contribution in [1.82, 2.24) is 10.1 Å². The van der Waals surface area contributed by atoms with E-state index < -0.39 is 0 Å². The molecular weight excluding hydrogens is 285 g/mol. The normalized spacial score (nSPS) is 26.1. The van der Waals surface area contributed by atoms with Crippen molar-refractivity contribution in [2.75, 3.05) is 31.1 Å². The van der Waals surface area contributed by atoms with Crippen LogP contribution in [0.2, 0.25) is 0 Å². The molecule has 1 aromatic carbocycles. The molecule has 0 unspecified atom stereocenters. The van der Waals surface area contributed by atoms with Gasteiger partial charge in [0.2, 0.25) is 0 Å². The van der Waals surface area contributed by atoms with E-state index in [1.54, 1.807) is 6.07 Å². The number of hydrogen-bond donors (Lipinski definition) is 0. The molecule has 0 spiro atoms. The molecule has 4 rings (SSSR count). The summed E-state index contributed by atoms with van der Waals surface area (Å²) in [6.45, 7) is 3.43. The second-order valence-electron chi connectivity index (χ2n) is 6.21. The standard InChI is InChI=1S/C16H18FN3O2/c17-12-2-4-15-14(7-12)16(18-22-15)20-6-5-19-8-11(10-21)1-3-13(19)9-20/h2,4,7,10-11,13H,1,3,5-6,8-9H2/t11-,13-/m1/s1. The fourth-order valence-corrected chi connectivity index (χ4v) is 3.64. The van der Waals surface area contributed by atoms with Crippen LogP contribution in [-0.4, -0.2) is 48.6 Å². The van der Waals surface area contributed by atoms with Crippen molar-refractivity contribution < 1.29 is 13.7 Å². The van der Waals surface area contributed by atoms with Crippen molar-refractivity contribution in [3.63, 3.8) is 0 Å². The molecule has 116 valence electrons. The molecule has 3 heterocycles. The van der Waals surface area contributed by atoms with E-state index in [1.807, 2.05) is 0 Å². The summed E-state index contributed by atoms with van der Waals surface area (Å²) in [4.78, 5) is 15.5. The second kappa shape index (κ2) is 5.35. The van der Waals surface area contributed by atoms with Crippen LogP contribution < -0.4 is 4.90 Å². The zero-order valence-corrected chi connectivity index (χ0v) is 12.2. The number of benzene rings is 1. The first kappa shape index (κ1) is 13.7. The highest BCUT2D eigenvalue weighted by molar-refractivity contribution is 5.88. The molecule has 0 N–H and O–H groups in total. The summed E-state index contributed by atoms with van der Waals surface area (Å²) in [5, 5.41) is 4.87. The Hall–Kier alpha value is -1.95. The van der Waals surface area contributed by atoms with Gasteiger partial charge < -0.3 is 14.2 Å². The number of piperazine rings is 1. The van der Waals surface area contributed by atoms with E-state index in [0.29, 0.717) is 11.6 Å². The van der Waals surface area contributed by atoms with E-state index in [1.165, 1.54) is 12.1 Å². The Morgan fingerprint density at radius 1 is 1.27 bits per heavy atom. The minimum atomic E-state index is -0.276. The first-order valence-corrected chi connectivity index (χ1v) is 7.74. The quantitative estimate of drug-likeness (QED) is 0.795. The number of carbonyl (C=O) groups is 1. The molecule has 2 aliphatic heterocycles. The van der Waals surface area contributed by atoms with Crippen LogP contribution in [0.5, 0.6) is 0 Å². The van der Waals surface area contributed by atoms with Crippen molar-refractivity contribution in [3.05, 3.63) is 24.0 Å². The van der Waals surface area contributed by atoms with Gasteiger partial charge in [-0.25, -0.2) is 4.39 Å². The average molecular weight is 303 g/mol. The lowest BCUT2D eigenvalue weighted by atomic mass is 9.92. The summed E-state index contributed by atoms with van der Waals surface area (Å²) in [6.07, 6.45) is 3.05. The zero-order chi connectivity index (χ0) is 15.1. The van der Waals surface area contributed by atoms with Gasteiger partial charge in [-0.1, -0.05) is 5.16 Å². The van der Waals surface area contributed by atoms with Gasteiger partial charge in [0, 0.05) is 38.1 Å². The predicted molar refractivity (Wildman–Crippen MR) is 80.3 cm³/mol. The molecule has 2 aromatic rings. The highest BCUT2D eigenvalue weighted by atomic mass is 19.1. The Kier molecular flexibility index (Phi) is 3.33. The molecule has 6 heteroatoms. The molecule has 0 amide bonds. The van der Waals surface area contributed by atoms with E-state index in [2.05, 4.69) is 15.0 Å². The molecule has 5 nitrogen and oxygen atoms in total. The van der Waals surface area contributed by atoms with Gasteiger partial charge in [-0.15, -0.1) is 0 Å². The van der Waals surface area contributed by atoms with E-state index in [-0.39, 0.29) is 11.7 Å². The number of piperidine rings is 1. The minimum absolute atomic E-state index is 0.171. The van der Waals surface area contributed by atoms with Crippen molar-refractivity contribution in [2.45, 2.75) is 18.9 Å². The van der Waals surface area contributed by atoms with E-state index in [9.17, 15) is 9.18 Å². The lowest BCUT2D eigenvalue weighted by Crippen LogP contribution is -2.56. The molecule has 1 aromatic heterocycles. The van der Waals surface area contributed by atoms with Gasteiger partial charge >= 0.3 is 0 Å². The Balaban J connectivity index is 1.57. The van der Waals surface area contributed by atoms with Crippen LogP contribution in [0.4, 0.5) is 10.2 Å². The summed E-state index contributed by atoms with van der Waals surface area (Å²) >= 11 is 0. The van der Waals surface area contributed by atoms with Crippen LogP contribution in [0.25, 0.3) is 11.0 Å². The van der Waals surface area contributed by atoms with Crippen molar-refractivity contribution in [3.8, 4) is 0 Å². The maximum atomic E-state index is 13.5. The van der Waals surface area contributed by atoms with Gasteiger partial charge in [0.05, 0.1) is 5.39 Å². The summed E-state index contributed by atoms with van der Waals surface area (Å²) in [5.74, 6) is 0.624. The number of halogens is 1. The zero-order valence-electron chi connectivity index (χ0n) is 12.2.